The van der Waals surface area contributed by atoms with Crippen LogP contribution in [-0.2, 0) is 0 Å². The van der Waals surface area contributed by atoms with E-state index in [0.717, 1.165) is 5.56 Å². The van der Waals surface area contributed by atoms with Crippen molar-refractivity contribution in [3.8, 4) is 34.1 Å². The van der Waals surface area contributed by atoms with Gasteiger partial charge in [0.2, 0.25) is 0 Å². The lowest BCUT2D eigenvalue weighted by atomic mass is 10.1. The summed E-state index contributed by atoms with van der Waals surface area (Å²) in [5.41, 5.74) is 3.40. The molecule has 0 spiro atoms. The predicted octanol–water partition coefficient (Wildman–Crippen LogP) is 5.12. The minimum absolute atomic E-state index is 0.150. The van der Waals surface area contributed by atoms with Crippen molar-refractivity contribution in [3.05, 3.63) is 76.6 Å². The van der Waals surface area contributed by atoms with E-state index in [0.29, 0.717) is 44.9 Å². The molecule has 10 heteroatoms. The molecule has 3 aromatic heterocycles. The van der Waals surface area contributed by atoms with Crippen LogP contribution in [0.1, 0.15) is 5.56 Å². The van der Waals surface area contributed by atoms with Crippen molar-refractivity contribution in [3.63, 3.8) is 0 Å². The third kappa shape index (κ3) is 3.94. The number of aromatic amines is 1. The molecule has 0 saturated carbocycles. The average molecular weight is 466 g/mol. The van der Waals surface area contributed by atoms with Gasteiger partial charge in [0.25, 0.3) is 0 Å². The molecule has 7 nitrogen and oxygen atoms in total. The molecule has 34 heavy (non-hydrogen) atoms. The van der Waals surface area contributed by atoms with E-state index in [4.69, 9.17) is 4.74 Å². The highest BCUT2D eigenvalue weighted by atomic mass is 19.4. The summed E-state index contributed by atoms with van der Waals surface area (Å²) in [6.45, 7) is 1.70. The number of alkyl halides is 3. The van der Waals surface area contributed by atoms with Crippen LogP contribution in [0.4, 0.5) is 13.2 Å². The van der Waals surface area contributed by atoms with Gasteiger partial charge in [-0.25, -0.2) is 9.50 Å². The Morgan fingerprint density at radius 3 is 2.38 bits per heavy atom. The van der Waals surface area contributed by atoms with Crippen molar-refractivity contribution in [2.24, 2.45) is 0 Å². The van der Waals surface area contributed by atoms with E-state index >= 15 is 0 Å². The third-order valence-electron chi connectivity index (χ3n) is 5.42. The van der Waals surface area contributed by atoms with E-state index in [1.165, 1.54) is 31.4 Å². The summed E-state index contributed by atoms with van der Waals surface area (Å²) in [4.78, 5) is 20.7. The quantitative estimate of drug-likeness (QED) is 0.398. The van der Waals surface area contributed by atoms with Crippen LogP contribution in [0.5, 0.6) is 11.5 Å². The molecular weight excluding hydrogens is 449 g/mol. The van der Waals surface area contributed by atoms with Gasteiger partial charge in [-0.3, -0.25) is 4.79 Å². The number of nitrogens with one attached hydrogen (secondary N) is 1. The molecule has 0 saturated heterocycles. The van der Waals surface area contributed by atoms with Crippen molar-refractivity contribution in [2.75, 3.05) is 7.11 Å². The number of rotatable bonds is 4. The number of ether oxygens (including phenoxy) is 2. The Balaban J connectivity index is 1.53. The number of benzene rings is 2. The van der Waals surface area contributed by atoms with E-state index in [9.17, 15) is 18.0 Å². The van der Waals surface area contributed by atoms with Gasteiger partial charge in [0.05, 0.1) is 18.3 Å². The van der Waals surface area contributed by atoms with Crippen LogP contribution in [0.3, 0.4) is 0 Å². The summed E-state index contributed by atoms with van der Waals surface area (Å²) in [6, 6.07) is 14.3. The van der Waals surface area contributed by atoms with Gasteiger partial charge >= 0.3 is 6.36 Å². The summed E-state index contributed by atoms with van der Waals surface area (Å²) >= 11 is 0. The zero-order valence-electron chi connectivity index (χ0n) is 18.0. The van der Waals surface area contributed by atoms with Gasteiger partial charge in [-0.05, 0) is 55.0 Å². The highest BCUT2D eigenvalue weighted by molar-refractivity contribution is 5.83. The van der Waals surface area contributed by atoms with Gasteiger partial charge in [0.15, 0.2) is 16.9 Å². The van der Waals surface area contributed by atoms with E-state index in [-0.39, 0.29) is 11.2 Å². The number of hydrogen-bond acceptors (Lipinski definition) is 5. The first-order chi connectivity index (χ1) is 16.2. The van der Waals surface area contributed by atoms with Crippen LogP contribution in [0, 0.1) is 6.92 Å². The second kappa shape index (κ2) is 7.91. The van der Waals surface area contributed by atoms with Crippen LogP contribution in [0.25, 0.3) is 39.2 Å². The van der Waals surface area contributed by atoms with Crippen molar-refractivity contribution >= 4 is 16.6 Å². The fourth-order valence-corrected chi connectivity index (χ4v) is 3.72. The Bertz CT molecular complexity index is 1590. The Morgan fingerprint density at radius 2 is 1.68 bits per heavy atom. The minimum Gasteiger partial charge on any atom is -0.497 e. The third-order valence-corrected chi connectivity index (χ3v) is 5.42. The number of halogens is 3. The fraction of sp³-hybridized carbons (Fsp3) is 0.125. The molecule has 0 unspecified atom stereocenters. The zero-order valence-corrected chi connectivity index (χ0v) is 18.0. The SMILES string of the molecule is COc1ccc2[nH]c(-c3nc4ccc(-c5ccc(OC(F)(F)F)cc5)cn4n3)c(C)c(=O)c2c1. The summed E-state index contributed by atoms with van der Waals surface area (Å²) in [7, 11) is 1.54. The number of methoxy groups -OCH3 is 1. The lowest BCUT2D eigenvalue weighted by Crippen LogP contribution is -2.16. The summed E-state index contributed by atoms with van der Waals surface area (Å²) in [5.74, 6) is 0.633. The lowest BCUT2D eigenvalue weighted by Gasteiger charge is -2.09. The number of fused-ring (bicyclic) bond motifs is 2. The maximum Gasteiger partial charge on any atom is 0.573 e. The lowest BCUT2D eigenvalue weighted by molar-refractivity contribution is -0.274. The number of aromatic nitrogens is 4. The van der Waals surface area contributed by atoms with E-state index < -0.39 is 6.36 Å². The zero-order chi connectivity index (χ0) is 24.0. The molecule has 5 aromatic rings. The molecule has 2 aromatic carbocycles. The first kappa shape index (κ1) is 21.5. The van der Waals surface area contributed by atoms with Crippen LogP contribution >= 0.6 is 0 Å². The highest BCUT2D eigenvalue weighted by Gasteiger charge is 2.31. The van der Waals surface area contributed by atoms with E-state index in [2.05, 4.69) is 19.8 Å². The molecule has 0 bridgehead atoms. The monoisotopic (exact) mass is 466 g/mol. The Labute approximate surface area is 190 Å². The molecule has 0 radical (unpaired) electrons. The minimum atomic E-state index is -4.74. The number of hydrogen-bond donors (Lipinski definition) is 1. The topological polar surface area (TPSA) is 81.5 Å². The first-order valence-corrected chi connectivity index (χ1v) is 10.2. The fourth-order valence-electron chi connectivity index (χ4n) is 3.72. The second-order valence-electron chi connectivity index (χ2n) is 7.59. The molecule has 172 valence electrons. The summed E-state index contributed by atoms with van der Waals surface area (Å²) in [6.07, 6.45) is -3.03. The van der Waals surface area contributed by atoms with Crippen LogP contribution in [-0.4, -0.2) is 33.1 Å². The second-order valence-corrected chi connectivity index (χ2v) is 7.59. The van der Waals surface area contributed by atoms with Crippen molar-refractivity contribution in [1.82, 2.24) is 19.6 Å². The van der Waals surface area contributed by atoms with Gasteiger partial charge in [-0.2, -0.15) is 0 Å². The molecular formula is C24H17F3N4O3. The maximum atomic E-state index is 12.9. The van der Waals surface area contributed by atoms with Gasteiger partial charge in [0, 0.05) is 22.7 Å². The largest absolute Gasteiger partial charge is 0.573 e. The summed E-state index contributed by atoms with van der Waals surface area (Å²) in [5, 5.41) is 5.02. The number of H-pyrrole nitrogens is 1. The Hall–Kier alpha value is -4.34. The normalized spacial score (nSPS) is 11.8. The van der Waals surface area contributed by atoms with E-state index in [1.807, 2.05) is 0 Å². The maximum absolute atomic E-state index is 12.9. The molecule has 0 aliphatic heterocycles. The van der Waals surface area contributed by atoms with Gasteiger partial charge in [-0.1, -0.05) is 12.1 Å². The van der Waals surface area contributed by atoms with Crippen molar-refractivity contribution < 1.29 is 22.6 Å². The van der Waals surface area contributed by atoms with Crippen LogP contribution in [0.15, 0.2) is 65.6 Å². The number of nitrogens with zero attached hydrogens (tertiary/aromatic N) is 3. The predicted molar refractivity (Wildman–Crippen MR) is 120 cm³/mol. The molecule has 0 aliphatic carbocycles. The van der Waals surface area contributed by atoms with E-state index in [1.54, 1.807) is 48.0 Å². The smallest absolute Gasteiger partial charge is 0.497 e. The molecule has 0 fully saturated rings. The van der Waals surface area contributed by atoms with Gasteiger partial charge in [0.1, 0.15) is 11.5 Å². The summed E-state index contributed by atoms with van der Waals surface area (Å²) < 4.78 is 47.8. The van der Waals surface area contributed by atoms with Gasteiger partial charge < -0.3 is 14.5 Å². The number of pyridine rings is 2. The molecule has 3 heterocycles. The molecule has 0 amide bonds. The van der Waals surface area contributed by atoms with Crippen LogP contribution in [0.2, 0.25) is 0 Å². The highest BCUT2D eigenvalue weighted by Crippen LogP contribution is 2.27. The molecule has 5 rings (SSSR count). The Morgan fingerprint density at radius 1 is 0.971 bits per heavy atom. The van der Waals surface area contributed by atoms with Crippen molar-refractivity contribution in [2.45, 2.75) is 13.3 Å². The Kier molecular flexibility index (Phi) is 5.00. The standard InChI is InChI=1S/C24H17F3N4O3/c1-13-21(28-19-9-8-17(33-2)11-18(19)22(13)32)23-29-20-10-5-15(12-31(20)30-23)14-3-6-16(7-4-14)34-24(25,26)27/h3-12H,1-2H3,(H,28,32). The average Bonchev–Trinajstić information content (AvgIpc) is 3.23. The van der Waals surface area contributed by atoms with Gasteiger partial charge in [-0.15, -0.1) is 18.3 Å². The van der Waals surface area contributed by atoms with Crippen LogP contribution < -0.4 is 14.9 Å². The molecule has 0 aliphatic rings. The first-order valence-electron chi connectivity index (χ1n) is 10.2. The van der Waals surface area contributed by atoms with Crippen molar-refractivity contribution in [1.29, 1.82) is 0 Å². The molecule has 1 N–H and O–H groups in total. The molecule has 0 atom stereocenters.